The molecular weight excluding hydrogens is 553 g/mol. The number of carbonyl (C=O) groups excluding carboxylic acids is 1. The Morgan fingerprint density at radius 1 is 1.10 bits per heavy atom. The number of allylic oxidation sites excluding steroid dienone is 1. The number of nitrogens with one attached hydrogen (secondary N) is 1. The summed E-state index contributed by atoms with van der Waals surface area (Å²) >= 11 is 0. The summed E-state index contributed by atoms with van der Waals surface area (Å²) in [6.07, 6.45) is 13.7. The fourth-order valence-corrected chi connectivity index (χ4v) is 10.6. The fraction of sp³-hybridized carbons (Fsp3) is 0.903. The van der Waals surface area contributed by atoms with Crippen LogP contribution in [-0.2, 0) is 14.8 Å². The van der Waals surface area contributed by atoms with Gasteiger partial charge in [0.15, 0.2) is 0 Å². The molecule has 10 heteroatoms. The Balaban J connectivity index is 1.11. The molecule has 41 heavy (non-hydrogen) atoms. The zero-order chi connectivity index (χ0) is 29.8. The van der Waals surface area contributed by atoms with Gasteiger partial charge in [-0.15, -0.1) is 0 Å². The number of sulfonamides is 1. The predicted molar refractivity (Wildman–Crippen MR) is 152 cm³/mol. The van der Waals surface area contributed by atoms with Crippen LogP contribution in [-0.4, -0.2) is 55.6 Å². The number of amides is 1. The molecule has 3 saturated carbocycles. The summed E-state index contributed by atoms with van der Waals surface area (Å²) in [4.78, 5) is 14.9. The third-order valence-corrected chi connectivity index (χ3v) is 13.6. The van der Waals surface area contributed by atoms with E-state index < -0.39 is 15.5 Å². The molecule has 2 N–H and O–H groups in total. The summed E-state index contributed by atoms with van der Waals surface area (Å²) in [7, 11) is -5.33. The minimum Gasteiger partial charge on any atom is -0.393 e. The van der Waals surface area contributed by atoms with Crippen LogP contribution in [0.1, 0.15) is 97.8 Å². The summed E-state index contributed by atoms with van der Waals surface area (Å²) in [6, 6.07) is 0. The first kappa shape index (κ1) is 31.3. The molecule has 5 rings (SSSR count). The topological polar surface area (TPSA) is 86.7 Å². The molecular formula is C31H49F3N2O4S. The molecule has 4 aliphatic carbocycles. The number of piperidine rings is 1. The van der Waals surface area contributed by atoms with Crippen LogP contribution in [0.25, 0.3) is 0 Å². The minimum atomic E-state index is -5.33. The molecule has 1 saturated heterocycles. The first-order valence-electron chi connectivity index (χ1n) is 15.9. The maximum Gasteiger partial charge on any atom is 0.511 e. The standard InChI is InChI=1S/C31H49F3N2O4S/c1-20(4-9-28(38)36-16-12-21(13-17-36)19-35-41(39,40)31(32,33)34)25-7-8-26-24-6-5-22-18-23(37)10-14-29(22,2)27(24)11-15-30(25,26)3/h5,20-21,23-27,35,37H,4,6-19H2,1-3H3/t20?,23-,24-,25+,26-,27-,29-,30+/m0/s1. The molecule has 1 aliphatic heterocycles. The molecule has 0 radical (unpaired) electrons. The van der Waals surface area contributed by atoms with E-state index in [0.29, 0.717) is 49.6 Å². The van der Waals surface area contributed by atoms with Crippen LogP contribution in [0.15, 0.2) is 11.6 Å². The highest BCUT2D eigenvalue weighted by atomic mass is 32.2. The summed E-state index contributed by atoms with van der Waals surface area (Å²) in [5.74, 6) is 3.13. The number of halogens is 3. The molecule has 8 atom stereocenters. The Labute approximate surface area is 243 Å². The van der Waals surface area contributed by atoms with E-state index in [9.17, 15) is 31.5 Å². The molecule has 1 heterocycles. The minimum absolute atomic E-state index is 0.104. The van der Waals surface area contributed by atoms with Crippen molar-refractivity contribution in [2.24, 2.45) is 46.3 Å². The molecule has 0 aromatic carbocycles. The molecule has 1 amide bonds. The van der Waals surface area contributed by atoms with Gasteiger partial charge in [-0.1, -0.05) is 32.4 Å². The third kappa shape index (κ3) is 5.87. The van der Waals surface area contributed by atoms with Gasteiger partial charge < -0.3 is 10.0 Å². The van der Waals surface area contributed by atoms with Crippen molar-refractivity contribution < 1.29 is 31.5 Å². The largest absolute Gasteiger partial charge is 0.511 e. The highest BCUT2D eigenvalue weighted by Gasteiger charge is 2.59. The summed E-state index contributed by atoms with van der Waals surface area (Å²) in [5.41, 5.74) is -3.24. The smallest absolute Gasteiger partial charge is 0.393 e. The number of fused-ring (bicyclic) bond motifs is 5. The van der Waals surface area contributed by atoms with Crippen molar-refractivity contribution in [1.82, 2.24) is 9.62 Å². The lowest BCUT2D eigenvalue weighted by Crippen LogP contribution is -2.50. The van der Waals surface area contributed by atoms with Crippen molar-refractivity contribution in [3.8, 4) is 0 Å². The van der Waals surface area contributed by atoms with Gasteiger partial charge in [0, 0.05) is 26.1 Å². The van der Waals surface area contributed by atoms with E-state index in [-0.39, 0.29) is 29.9 Å². The number of rotatable bonds is 7. The predicted octanol–water partition coefficient (Wildman–Crippen LogP) is 6.02. The first-order chi connectivity index (χ1) is 19.2. The van der Waals surface area contributed by atoms with E-state index in [4.69, 9.17) is 0 Å². The lowest BCUT2D eigenvalue weighted by molar-refractivity contribution is -0.133. The SMILES string of the molecule is CC(CCC(=O)N1CCC(CNS(=O)(=O)C(F)(F)F)CC1)[C@H]1CC[C@H]2[C@@H]3CC=C4C[C@@H](O)CC[C@]4(C)[C@H]3CC[C@]12C. The monoisotopic (exact) mass is 602 g/mol. The molecule has 0 aromatic rings. The van der Waals surface area contributed by atoms with Gasteiger partial charge in [0.05, 0.1) is 6.10 Å². The van der Waals surface area contributed by atoms with Crippen molar-refractivity contribution in [3.05, 3.63) is 11.6 Å². The Morgan fingerprint density at radius 3 is 2.49 bits per heavy atom. The van der Waals surface area contributed by atoms with E-state index in [1.54, 1.807) is 9.62 Å². The first-order valence-corrected chi connectivity index (χ1v) is 17.4. The van der Waals surface area contributed by atoms with E-state index in [0.717, 1.165) is 49.9 Å². The number of aliphatic hydroxyl groups excluding tert-OH is 1. The maximum atomic E-state index is 13.1. The number of hydrogen-bond acceptors (Lipinski definition) is 4. The molecule has 1 unspecified atom stereocenters. The van der Waals surface area contributed by atoms with Crippen LogP contribution >= 0.6 is 0 Å². The third-order valence-electron chi connectivity index (χ3n) is 12.5. The Bertz CT molecular complexity index is 1120. The Kier molecular flexibility index (Phi) is 8.72. The average Bonchev–Trinajstić information content (AvgIpc) is 3.28. The average molecular weight is 603 g/mol. The summed E-state index contributed by atoms with van der Waals surface area (Å²) in [5, 5.41) is 10.3. The van der Waals surface area contributed by atoms with Gasteiger partial charge >= 0.3 is 15.5 Å². The van der Waals surface area contributed by atoms with Gasteiger partial charge in [-0.25, -0.2) is 13.1 Å². The van der Waals surface area contributed by atoms with Crippen molar-refractivity contribution in [1.29, 1.82) is 0 Å². The molecule has 4 fully saturated rings. The molecule has 6 nitrogen and oxygen atoms in total. The lowest BCUT2D eigenvalue weighted by Gasteiger charge is -2.58. The van der Waals surface area contributed by atoms with Crippen LogP contribution in [0.5, 0.6) is 0 Å². The number of alkyl halides is 3. The van der Waals surface area contributed by atoms with Gasteiger partial charge in [-0.05, 0) is 117 Å². The van der Waals surface area contributed by atoms with Gasteiger partial charge in [0.25, 0.3) is 0 Å². The number of hydrogen-bond donors (Lipinski definition) is 2. The van der Waals surface area contributed by atoms with Gasteiger partial charge in [0.2, 0.25) is 5.91 Å². The lowest BCUT2D eigenvalue weighted by atomic mass is 9.47. The van der Waals surface area contributed by atoms with Crippen LogP contribution in [0.2, 0.25) is 0 Å². The number of nitrogens with zero attached hydrogens (tertiary/aromatic N) is 1. The van der Waals surface area contributed by atoms with E-state index >= 15 is 0 Å². The second-order valence-corrected chi connectivity index (χ2v) is 16.3. The zero-order valence-electron chi connectivity index (χ0n) is 24.9. The van der Waals surface area contributed by atoms with Gasteiger partial charge in [-0.3, -0.25) is 4.79 Å². The molecule has 0 spiro atoms. The highest BCUT2D eigenvalue weighted by molar-refractivity contribution is 7.90. The number of carbonyl (C=O) groups is 1. The number of aliphatic hydroxyl groups is 1. The molecule has 0 aromatic heterocycles. The van der Waals surface area contributed by atoms with Crippen LogP contribution < -0.4 is 4.72 Å². The Morgan fingerprint density at radius 2 is 1.80 bits per heavy atom. The van der Waals surface area contributed by atoms with Crippen LogP contribution in [0.4, 0.5) is 13.2 Å². The molecule has 234 valence electrons. The normalized spacial score (nSPS) is 39.0. The van der Waals surface area contributed by atoms with Crippen molar-refractivity contribution in [3.63, 3.8) is 0 Å². The zero-order valence-corrected chi connectivity index (χ0v) is 25.7. The second-order valence-electron chi connectivity index (χ2n) is 14.5. The second kappa shape index (κ2) is 11.4. The van der Waals surface area contributed by atoms with E-state index in [1.165, 1.54) is 31.3 Å². The van der Waals surface area contributed by atoms with Crippen molar-refractivity contribution in [2.75, 3.05) is 19.6 Å². The van der Waals surface area contributed by atoms with Crippen LogP contribution in [0, 0.1) is 46.3 Å². The molecule has 0 bridgehead atoms. The quantitative estimate of drug-likeness (QED) is 0.349. The molecule has 5 aliphatic rings. The summed E-state index contributed by atoms with van der Waals surface area (Å²) in [6.45, 7) is 7.98. The number of likely N-dealkylation sites (tertiary alicyclic amines) is 1. The van der Waals surface area contributed by atoms with Gasteiger partial charge in [0.1, 0.15) is 0 Å². The van der Waals surface area contributed by atoms with E-state index in [2.05, 4.69) is 26.8 Å². The maximum absolute atomic E-state index is 13.1. The summed E-state index contributed by atoms with van der Waals surface area (Å²) < 4.78 is 62.0. The van der Waals surface area contributed by atoms with Crippen molar-refractivity contribution >= 4 is 15.9 Å². The highest BCUT2D eigenvalue weighted by Crippen LogP contribution is 2.67. The van der Waals surface area contributed by atoms with E-state index in [1.807, 2.05) is 0 Å². The van der Waals surface area contributed by atoms with Crippen LogP contribution in [0.3, 0.4) is 0 Å². The van der Waals surface area contributed by atoms with Gasteiger partial charge in [-0.2, -0.15) is 13.2 Å². The Hall–Kier alpha value is -1.13. The van der Waals surface area contributed by atoms with Crippen molar-refractivity contribution in [2.45, 2.75) is 109 Å². The fourth-order valence-electron chi connectivity index (χ4n) is 10.0.